The van der Waals surface area contributed by atoms with Crippen molar-refractivity contribution in [3.05, 3.63) is 45.1 Å². The summed E-state index contributed by atoms with van der Waals surface area (Å²) in [6, 6.07) is 7.54. The second kappa shape index (κ2) is 9.82. The number of hydrogen-bond donors (Lipinski definition) is 1. The van der Waals surface area contributed by atoms with Crippen LogP contribution in [0.5, 0.6) is 5.75 Å². The van der Waals surface area contributed by atoms with Gasteiger partial charge in [0.15, 0.2) is 11.2 Å². The number of unbranched alkanes of at least 4 members (excludes halogenated alkanes) is 4. The highest BCUT2D eigenvalue weighted by Crippen LogP contribution is 2.32. The Morgan fingerprint density at radius 3 is 2.48 bits per heavy atom. The molecule has 3 aromatic rings. The Morgan fingerprint density at radius 1 is 1.06 bits per heavy atom. The molecule has 0 aliphatic carbocycles. The summed E-state index contributed by atoms with van der Waals surface area (Å²) in [5.41, 5.74) is 0.826. The third kappa shape index (κ3) is 4.42. The molecular formula is C24H33N5O4. The lowest BCUT2D eigenvalue weighted by Gasteiger charge is -2.32. The molecule has 1 atom stereocenters. The Bertz CT molecular complexity index is 1220. The van der Waals surface area contributed by atoms with Gasteiger partial charge in [-0.25, -0.2) is 4.79 Å². The molecule has 2 aromatic heterocycles. The van der Waals surface area contributed by atoms with E-state index in [1.165, 1.54) is 9.13 Å². The second-order valence-corrected chi connectivity index (χ2v) is 8.60. The first-order valence-electron chi connectivity index (χ1n) is 11.8. The summed E-state index contributed by atoms with van der Waals surface area (Å²) in [7, 11) is 1.65. The minimum Gasteiger partial charge on any atom is -0.494 e. The first kappa shape index (κ1) is 23.1. The lowest BCUT2D eigenvalue weighted by molar-refractivity contribution is 0.154. The zero-order valence-corrected chi connectivity index (χ0v) is 19.7. The minimum absolute atomic E-state index is 0.253. The minimum atomic E-state index is -0.680. The number of aliphatic hydroxyl groups excluding tert-OH is 1. The topological polar surface area (TPSA) is 94.5 Å². The third-order valence-corrected chi connectivity index (χ3v) is 6.19. The molecule has 1 N–H and O–H groups in total. The number of aryl methyl sites for hydroxylation is 1. The van der Waals surface area contributed by atoms with Crippen LogP contribution in [0.1, 0.15) is 46.0 Å². The predicted octanol–water partition coefficient (Wildman–Crippen LogP) is 2.78. The van der Waals surface area contributed by atoms with Gasteiger partial charge >= 0.3 is 5.69 Å². The number of rotatable bonds is 9. The molecule has 1 aromatic carbocycles. The quantitative estimate of drug-likeness (QED) is 0.499. The number of aliphatic hydroxyl groups is 1. The van der Waals surface area contributed by atoms with Gasteiger partial charge in [-0.15, -0.1) is 0 Å². The van der Waals surface area contributed by atoms with E-state index < -0.39 is 6.10 Å². The zero-order chi connectivity index (χ0) is 23.5. The molecule has 0 amide bonds. The fourth-order valence-corrected chi connectivity index (χ4v) is 4.48. The van der Waals surface area contributed by atoms with E-state index in [9.17, 15) is 14.7 Å². The van der Waals surface area contributed by atoms with Crippen molar-refractivity contribution in [2.75, 3.05) is 18.1 Å². The van der Waals surface area contributed by atoms with Gasteiger partial charge < -0.3 is 19.3 Å². The van der Waals surface area contributed by atoms with Crippen LogP contribution < -0.4 is 20.9 Å². The van der Waals surface area contributed by atoms with Crippen molar-refractivity contribution in [3.63, 3.8) is 0 Å². The smallest absolute Gasteiger partial charge is 0.332 e. The van der Waals surface area contributed by atoms with Gasteiger partial charge in [0.2, 0.25) is 5.95 Å². The number of benzene rings is 1. The lowest BCUT2D eigenvalue weighted by atomic mass is 10.1. The van der Waals surface area contributed by atoms with E-state index in [1.807, 2.05) is 36.1 Å². The van der Waals surface area contributed by atoms with Crippen LogP contribution in [0, 0.1) is 0 Å². The molecule has 4 rings (SSSR count). The van der Waals surface area contributed by atoms with Crippen LogP contribution in [0.25, 0.3) is 11.2 Å². The van der Waals surface area contributed by atoms with Crippen molar-refractivity contribution in [3.8, 4) is 5.75 Å². The Kier molecular flexibility index (Phi) is 6.88. The number of aromatic nitrogens is 4. The maximum absolute atomic E-state index is 13.4. The van der Waals surface area contributed by atoms with E-state index in [4.69, 9.17) is 4.74 Å². The van der Waals surface area contributed by atoms with Gasteiger partial charge in [0.25, 0.3) is 5.56 Å². The maximum atomic E-state index is 13.4. The number of nitrogens with zero attached hydrogens (tertiary/aromatic N) is 5. The average Bonchev–Trinajstić information content (AvgIpc) is 3.19. The van der Waals surface area contributed by atoms with Gasteiger partial charge in [-0.05, 0) is 37.6 Å². The summed E-state index contributed by atoms with van der Waals surface area (Å²) >= 11 is 0. The number of anilines is 2. The zero-order valence-electron chi connectivity index (χ0n) is 19.7. The van der Waals surface area contributed by atoms with Crippen molar-refractivity contribution in [1.82, 2.24) is 18.7 Å². The summed E-state index contributed by atoms with van der Waals surface area (Å²) in [6.07, 6.45) is 4.47. The van der Waals surface area contributed by atoms with E-state index in [2.05, 4.69) is 11.9 Å². The van der Waals surface area contributed by atoms with Gasteiger partial charge in [-0.2, -0.15) is 4.98 Å². The largest absolute Gasteiger partial charge is 0.494 e. The van der Waals surface area contributed by atoms with Crippen LogP contribution in [-0.4, -0.2) is 43.0 Å². The predicted molar refractivity (Wildman–Crippen MR) is 129 cm³/mol. The summed E-state index contributed by atoms with van der Waals surface area (Å²) in [5.74, 6) is 1.31. The van der Waals surface area contributed by atoms with Crippen LogP contribution in [0.3, 0.4) is 0 Å². The molecule has 0 fully saturated rings. The molecule has 0 saturated heterocycles. The summed E-state index contributed by atoms with van der Waals surface area (Å²) in [5, 5.41) is 10.6. The van der Waals surface area contributed by atoms with E-state index in [0.717, 1.165) is 43.5 Å². The number of imidazole rings is 1. The average molecular weight is 456 g/mol. The molecule has 3 heterocycles. The van der Waals surface area contributed by atoms with E-state index in [-0.39, 0.29) is 17.8 Å². The number of hydrogen-bond acceptors (Lipinski definition) is 6. The fourth-order valence-electron chi connectivity index (χ4n) is 4.48. The Morgan fingerprint density at radius 2 is 1.79 bits per heavy atom. The van der Waals surface area contributed by atoms with Gasteiger partial charge in [-0.3, -0.25) is 13.9 Å². The molecule has 33 heavy (non-hydrogen) atoms. The van der Waals surface area contributed by atoms with Crippen molar-refractivity contribution < 1.29 is 9.84 Å². The van der Waals surface area contributed by atoms with E-state index >= 15 is 0 Å². The van der Waals surface area contributed by atoms with Crippen LogP contribution in [0.15, 0.2) is 33.9 Å². The highest BCUT2D eigenvalue weighted by atomic mass is 16.5. The van der Waals surface area contributed by atoms with Gasteiger partial charge in [0.05, 0.1) is 25.8 Å². The third-order valence-electron chi connectivity index (χ3n) is 6.19. The lowest BCUT2D eigenvalue weighted by Crippen LogP contribution is -2.41. The second-order valence-electron chi connectivity index (χ2n) is 8.60. The fraction of sp³-hybridized carbons (Fsp3) is 0.542. The number of ether oxygens (including phenoxy) is 1. The van der Waals surface area contributed by atoms with Crippen molar-refractivity contribution in [1.29, 1.82) is 0 Å². The molecule has 1 aliphatic heterocycles. The Labute approximate surface area is 192 Å². The first-order chi connectivity index (χ1) is 16.0. The monoisotopic (exact) mass is 455 g/mol. The molecule has 178 valence electrons. The normalized spacial score (nSPS) is 15.8. The molecule has 0 spiro atoms. The first-order valence-corrected chi connectivity index (χ1v) is 11.8. The van der Waals surface area contributed by atoms with Crippen molar-refractivity contribution in [2.45, 2.75) is 65.1 Å². The van der Waals surface area contributed by atoms with Crippen LogP contribution in [0.2, 0.25) is 0 Å². The highest BCUT2D eigenvalue weighted by molar-refractivity contribution is 5.77. The molecule has 0 radical (unpaired) electrons. The molecular weight excluding hydrogens is 422 g/mol. The summed E-state index contributed by atoms with van der Waals surface area (Å²) < 4.78 is 10.0. The SMILES string of the molecule is CCCCCCCn1c(=O)c2c(nc3n2C[C@H](O)CN3c2ccc(OCC)cc2)n(C)c1=O. The van der Waals surface area contributed by atoms with Gasteiger partial charge in [0, 0.05) is 19.3 Å². The van der Waals surface area contributed by atoms with Crippen LogP contribution in [0.4, 0.5) is 11.6 Å². The van der Waals surface area contributed by atoms with Crippen LogP contribution >= 0.6 is 0 Å². The van der Waals surface area contributed by atoms with E-state index in [1.54, 1.807) is 11.6 Å². The van der Waals surface area contributed by atoms with Crippen molar-refractivity contribution >= 4 is 22.8 Å². The van der Waals surface area contributed by atoms with Gasteiger partial charge in [0.1, 0.15) is 5.75 Å². The number of fused-ring (bicyclic) bond motifs is 3. The molecule has 0 bridgehead atoms. The standard InChI is InChI=1S/C24H33N5O4/c1-4-6-7-8-9-14-27-22(31)20-21(26(3)24(27)32)25-23-28(15-18(30)16-29(20)23)17-10-12-19(13-11-17)33-5-2/h10-13,18,30H,4-9,14-16H2,1-3H3/t18-/m1/s1. The molecule has 9 nitrogen and oxygen atoms in total. The molecule has 1 aliphatic rings. The molecule has 0 saturated carbocycles. The highest BCUT2D eigenvalue weighted by Gasteiger charge is 2.30. The summed E-state index contributed by atoms with van der Waals surface area (Å²) in [4.78, 5) is 32.9. The molecule has 9 heteroatoms. The summed E-state index contributed by atoms with van der Waals surface area (Å²) in [6.45, 7) is 5.65. The van der Waals surface area contributed by atoms with E-state index in [0.29, 0.717) is 36.8 Å². The van der Waals surface area contributed by atoms with Crippen LogP contribution in [-0.2, 0) is 20.1 Å². The van der Waals surface area contributed by atoms with Crippen molar-refractivity contribution in [2.24, 2.45) is 7.05 Å². The maximum Gasteiger partial charge on any atom is 0.332 e. The molecule has 0 unspecified atom stereocenters. The van der Waals surface area contributed by atoms with Gasteiger partial charge in [-0.1, -0.05) is 32.6 Å². The number of β-amino-alcohol motifs (C(OH)–C–C–N with tert-alkyl or cyclic N) is 1. The Hall–Kier alpha value is -3.07. The Balaban J connectivity index is 1.75.